The Morgan fingerprint density at radius 2 is 2.46 bits per heavy atom. The van der Waals surface area contributed by atoms with E-state index < -0.39 is 0 Å². The van der Waals surface area contributed by atoms with Crippen molar-refractivity contribution in [2.75, 3.05) is 26.2 Å². The first-order valence-electron chi connectivity index (χ1n) is 5.43. The molecule has 0 bridgehead atoms. The van der Waals surface area contributed by atoms with E-state index in [0.717, 1.165) is 12.6 Å². The van der Waals surface area contributed by atoms with Crippen LogP contribution in [0, 0.1) is 0 Å². The van der Waals surface area contributed by atoms with Gasteiger partial charge >= 0.3 is 0 Å². The molecule has 0 aromatic rings. The second kappa shape index (κ2) is 6.17. The van der Waals surface area contributed by atoms with E-state index in [0.29, 0.717) is 0 Å². The second-order valence-corrected chi connectivity index (χ2v) is 3.84. The first-order valence-corrected chi connectivity index (χ1v) is 5.43. The lowest BCUT2D eigenvalue weighted by Gasteiger charge is -2.23. The van der Waals surface area contributed by atoms with Crippen LogP contribution in [0.5, 0.6) is 0 Å². The van der Waals surface area contributed by atoms with Gasteiger partial charge in [-0.05, 0) is 32.4 Å². The largest absolute Gasteiger partial charge is 0.313 e. The molecule has 0 radical (unpaired) electrons. The van der Waals surface area contributed by atoms with Gasteiger partial charge in [-0.2, -0.15) is 0 Å². The zero-order chi connectivity index (χ0) is 9.52. The number of hydrogen-bond acceptors (Lipinski definition) is 2. The van der Waals surface area contributed by atoms with Gasteiger partial charge < -0.3 is 5.32 Å². The van der Waals surface area contributed by atoms with Crippen molar-refractivity contribution in [1.82, 2.24) is 10.2 Å². The summed E-state index contributed by atoms with van der Waals surface area (Å²) in [5.74, 6) is 0. The van der Waals surface area contributed by atoms with Crippen LogP contribution in [-0.2, 0) is 0 Å². The second-order valence-electron chi connectivity index (χ2n) is 3.84. The fraction of sp³-hybridized carbons (Fsp3) is 0.818. The van der Waals surface area contributed by atoms with Gasteiger partial charge in [-0.25, -0.2) is 0 Å². The Hall–Kier alpha value is -0.340. The van der Waals surface area contributed by atoms with Crippen LogP contribution >= 0.6 is 0 Å². The van der Waals surface area contributed by atoms with E-state index in [9.17, 15) is 0 Å². The summed E-state index contributed by atoms with van der Waals surface area (Å²) in [6.07, 6.45) is 5.93. The highest BCUT2D eigenvalue weighted by Crippen LogP contribution is 2.07. The summed E-state index contributed by atoms with van der Waals surface area (Å²) in [7, 11) is 0. The van der Waals surface area contributed by atoms with E-state index in [-0.39, 0.29) is 0 Å². The molecule has 13 heavy (non-hydrogen) atoms. The average molecular weight is 182 g/mol. The predicted octanol–water partition coefficient (Wildman–Crippen LogP) is 1.64. The molecule has 0 amide bonds. The number of hydrogen-bond donors (Lipinski definition) is 1. The monoisotopic (exact) mass is 182 g/mol. The maximum absolute atomic E-state index is 3.80. The Kier molecular flexibility index (Phi) is 5.09. The average Bonchev–Trinajstić information content (AvgIpc) is 2.58. The predicted molar refractivity (Wildman–Crippen MR) is 58.0 cm³/mol. The lowest BCUT2D eigenvalue weighted by molar-refractivity contribution is 0.274. The summed E-state index contributed by atoms with van der Waals surface area (Å²) in [6.45, 7) is 10.7. The van der Waals surface area contributed by atoms with Gasteiger partial charge in [0.15, 0.2) is 0 Å². The molecular formula is C11H22N2. The minimum absolute atomic E-state index is 0.728. The molecule has 2 nitrogen and oxygen atoms in total. The van der Waals surface area contributed by atoms with Gasteiger partial charge in [0.05, 0.1) is 0 Å². The van der Waals surface area contributed by atoms with Crippen molar-refractivity contribution in [3.8, 4) is 0 Å². The molecule has 1 N–H and O–H groups in total. The molecule has 2 heteroatoms. The molecule has 1 aliphatic heterocycles. The van der Waals surface area contributed by atoms with Gasteiger partial charge in [-0.1, -0.05) is 13.0 Å². The summed E-state index contributed by atoms with van der Waals surface area (Å²) < 4.78 is 0. The quantitative estimate of drug-likeness (QED) is 0.628. The van der Waals surface area contributed by atoms with Gasteiger partial charge in [-0.3, -0.25) is 4.90 Å². The van der Waals surface area contributed by atoms with E-state index >= 15 is 0 Å². The molecule has 1 atom stereocenters. The minimum Gasteiger partial charge on any atom is -0.313 e. The molecule has 1 fully saturated rings. The smallest absolute Gasteiger partial charge is 0.0195 e. The molecule has 0 aliphatic carbocycles. The van der Waals surface area contributed by atoms with Crippen molar-refractivity contribution in [2.45, 2.75) is 32.2 Å². The van der Waals surface area contributed by atoms with E-state index in [4.69, 9.17) is 0 Å². The summed E-state index contributed by atoms with van der Waals surface area (Å²) in [5, 5.41) is 3.53. The lowest BCUT2D eigenvalue weighted by atomic mass is 10.2. The van der Waals surface area contributed by atoms with Crippen molar-refractivity contribution < 1.29 is 0 Å². The Bertz CT molecular complexity index is 139. The zero-order valence-electron chi connectivity index (χ0n) is 8.76. The number of nitrogens with one attached hydrogen (secondary N) is 1. The molecular weight excluding hydrogens is 160 g/mol. The molecule has 1 aliphatic rings. The highest BCUT2D eigenvalue weighted by atomic mass is 15.1. The van der Waals surface area contributed by atoms with Crippen molar-refractivity contribution in [3.05, 3.63) is 12.7 Å². The standard InChI is InChI=1S/C11H22N2/c1-3-8-13(9-4-2)10-11-6-5-7-12-11/h3,11-12H,1,4-10H2,2H3. The van der Waals surface area contributed by atoms with Gasteiger partial charge in [-0.15, -0.1) is 6.58 Å². The zero-order valence-corrected chi connectivity index (χ0v) is 8.76. The number of rotatable bonds is 6. The Balaban J connectivity index is 2.22. The molecule has 1 heterocycles. The molecule has 76 valence electrons. The number of nitrogens with zero attached hydrogens (tertiary/aromatic N) is 1. The molecule has 0 aromatic heterocycles. The first kappa shape index (κ1) is 10.7. The van der Waals surface area contributed by atoms with Crippen molar-refractivity contribution in [3.63, 3.8) is 0 Å². The summed E-state index contributed by atoms with van der Waals surface area (Å²) in [6, 6.07) is 0.728. The topological polar surface area (TPSA) is 15.3 Å². The van der Waals surface area contributed by atoms with Gasteiger partial charge in [0, 0.05) is 19.1 Å². The Morgan fingerprint density at radius 1 is 1.62 bits per heavy atom. The summed E-state index contributed by atoms with van der Waals surface area (Å²) in [4.78, 5) is 2.48. The lowest BCUT2D eigenvalue weighted by Crippen LogP contribution is -2.38. The van der Waals surface area contributed by atoms with Gasteiger partial charge in [0.1, 0.15) is 0 Å². The van der Waals surface area contributed by atoms with Crippen LogP contribution in [0.1, 0.15) is 26.2 Å². The van der Waals surface area contributed by atoms with Gasteiger partial charge in [0.2, 0.25) is 0 Å². The first-order chi connectivity index (χ1) is 6.36. The van der Waals surface area contributed by atoms with Crippen LogP contribution in [0.2, 0.25) is 0 Å². The maximum atomic E-state index is 3.80. The molecule has 1 rings (SSSR count). The Labute approximate surface area is 82.0 Å². The van der Waals surface area contributed by atoms with Gasteiger partial charge in [0.25, 0.3) is 0 Å². The normalized spacial score (nSPS) is 22.5. The van der Waals surface area contributed by atoms with Crippen LogP contribution in [0.3, 0.4) is 0 Å². The third-order valence-electron chi connectivity index (χ3n) is 2.57. The third-order valence-corrected chi connectivity index (χ3v) is 2.57. The minimum atomic E-state index is 0.728. The molecule has 0 saturated carbocycles. The van der Waals surface area contributed by atoms with Crippen molar-refractivity contribution >= 4 is 0 Å². The van der Waals surface area contributed by atoms with Crippen molar-refractivity contribution in [1.29, 1.82) is 0 Å². The summed E-state index contributed by atoms with van der Waals surface area (Å²) >= 11 is 0. The summed E-state index contributed by atoms with van der Waals surface area (Å²) in [5.41, 5.74) is 0. The SMILES string of the molecule is C=CCN(CCC)CC1CCCN1. The molecule has 0 aromatic carbocycles. The molecule has 1 saturated heterocycles. The fourth-order valence-corrected chi connectivity index (χ4v) is 1.98. The Morgan fingerprint density at radius 3 is 3.00 bits per heavy atom. The van der Waals surface area contributed by atoms with E-state index in [1.807, 2.05) is 6.08 Å². The van der Waals surface area contributed by atoms with Crippen LogP contribution in [0.25, 0.3) is 0 Å². The highest BCUT2D eigenvalue weighted by molar-refractivity contribution is 4.81. The third kappa shape index (κ3) is 3.92. The van der Waals surface area contributed by atoms with E-state index in [1.54, 1.807) is 0 Å². The molecule has 1 unspecified atom stereocenters. The van der Waals surface area contributed by atoms with Crippen LogP contribution < -0.4 is 5.32 Å². The van der Waals surface area contributed by atoms with E-state index in [2.05, 4.69) is 23.7 Å². The highest BCUT2D eigenvalue weighted by Gasteiger charge is 2.16. The van der Waals surface area contributed by atoms with Crippen LogP contribution in [-0.4, -0.2) is 37.1 Å². The van der Waals surface area contributed by atoms with Crippen LogP contribution in [0.15, 0.2) is 12.7 Å². The van der Waals surface area contributed by atoms with Crippen molar-refractivity contribution in [2.24, 2.45) is 0 Å². The molecule has 0 spiro atoms. The van der Waals surface area contributed by atoms with Crippen LogP contribution in [0.4, 0.5) is 0 Å². The maximum Gasteiger partial charge on any atom is 0.0195 e. The fourth-order valence-electron chi connectivity index (χ4n) is 1.98. The van der Waals surface area contributed by atoms with E-state index in [1.165, 1.54) is 38.9 Å².